The van der Waals surface area contributed by atoms with Crippen molar-refractivity contribution in [1.29, 1.82) is 0 Å². The first-order valence-electron chi connectivity index (χ1n) is 5.88. The number of nitrogens with zero attached hydrogens (tertiary/aromatic N) is 1. The zero-order valence-electron chi connectivity index (χ0n) is 10.5. The maximum absolute atomic E-state index is 12.4. The van der Waals surface area contributed by atoms with Gasteiger partial charge in [0.15, 0.2) is 0 Å². The van der Waals surface area contributed by atoms with Crippen LogP contribution in [0, 0.1) is 5.92 Å². The fraction of sp³-hybridized carbons (Fsp3) is 0.833. The Hall–Kier alpha value is -1.06. The van der Waals surface area contributed by atoms with Crippen molar-refractivity contribution in [2.24, 2.45) is 5.92 Å². The Kier molecular flexibility index (Phi) is 2.30. The second-order valence-corrected chi connectivity index (χ2v) is 6.09. The minimum absolute atomic E-state index is 0.0380. The van der Waals surface area contributed by atoms with Crippen LogP contribution in [0.25, 0.3) is 0 Å². The molecule has 1 saturated heterocycles. The fourth-order valence-corrected chi connectivity index (χ4v) is 2.36. The number of amides is 2. The molecule has 0 aromatic carbocycles. The number of carbonyl (C=O) groups excluding carboxylic acids is 2. The monoisotopic (exact) mass is 224 g/mol. The van der Waals surface area contributed by atoms with E-state index < -0.39 is 5.54 Å². The number of carbonyl (C=O) groups is 2. The van der Waals surface area contributed by atoms with Gasteiger partial charge in [0.05, 0.1) is 0 Å². The van der Waals surface area contributed by atoms with E-state index >= 15 is 0 Å². The Morgan fingerprint density at radius 3 is 2.31 bits per heavy atom. The second kappa shape index (κ2) is 3.22. The molecular weight excluding hydrogens is 204 g/mol. The topological polar surface area (TPSA) is 49.4 Å². The van der Waals surface area contributed by atoms with Crippen molar-refractivity contribution in [2.45, 2.75) is 51.6 Å². The standard InChI is InChI=1S/C12H20N2O2/c1-11(2,3)14-7-9(15)13-12(4,10(14)16)8-5-6-8/h8H,5-7H2,1-4H3,(H,13,15). The lowest BCUT2D eigenvalue weighted by Crippen LogP contribution is -2.69. The quantitative estimate of drug-likeness (QED) is 0.720. The average Bonchev–Trinajstić information content (AvgIpc) is 2.92. The van der Waals surface area contributed by atoms with Gasteiger partial charge in [-0.25, -0.2) is 0 Å². The molecule has 0 bridgehead atoms. The van der Waals surface area contributed by atoms with Crippen LogP contribution in [0.5, 0.6) is 0 Å². The van der Waals surface area contributed by atoms with E-state index in [-0.39, 0.29) is 23.9 Å². The summed E-state index contributed by atoms with van der Waals surface area (Å²) in [6, 6.07) is 0. The van der Waals surface area contributed by atoms with Crippen molar-refractivity contribution in [3.05, 3.63) is 0 Å². The van der Waals surface area contributed by atoms with E-state index in [1.165, 1.54) is 0 Å². The van der Waals surface area contributed by atoms with Gasteiger partial charge in [0.1, 0.15) is 12.1 Å². The van der Waals surface area contributed by atoms with Gasteiger partial charge in [0, 0.05) is 5.54 Å². The zero-order chi connectivity index (χ0) is 12.1. The summed E-state index contributed by atoms with van der Waals surface area (Å²) >= 11 is 0. The van der Waals surface area contributed by atoms with E-state index in [0.717, 1.165) is 12.8 Å². The van der Waals surface area contributed by atoms with Crippen LogP contribution in [0.3, 0.4) is 0 Å². The highest BCUT2D eigenvalue weighted by Crippen LogP contribution is 2.42. The zero-order valence-corrected chi connectivity index (χ0v) is 10.5. The van der Waals surface area contributed by atoms with Crippen molar-refractivity contribution < 1.29 is 9.59 Å². The van der Waals surface area contributed by atoms with E-state index in [0.29, 0.717) is 5.92 Å². The van der Waals surface area contributed by atoms with Gasteiger partial charge in [-0.3, -0.25) is 9.59 Å². The Labute approximate surface area is 96.4 Å². The van der Waals surface area contributed by atoms with E-state index in [2.05, 4.69) is 5.32 Å². The van der Waals surface area contributed by atoms with E-state index in [9.17, 15) is 9.59 Å². The third kappa shape index (κ3) is 1.70. The summed E-state index contributed by atoms with van der Waals surface area (Å²) in [6.45, 7) is 7.96. The number of rotatable bonds is 1. The number of piperazine rings is 1. The number of hydrogen-bond donors (Lipinski definition) is 1. The number of nitrogens with one attached hydrogen (secondary N) is 1. The minimum atomic E-state index is -0.664. The normalized spacial score (nSPS) is 31.6. The van der Waals surface area contributed by atoms with Gasteiger partial charge in [0.25, 0.3) is 0 Å². The summed E-state index contributed by atoms with van der Waals surface area (Å²) in [5.74, 6) is 0.361. The van der Waals surface area contributed by atoms with Crippen LogP contribution < -0.4 is 5.32 Å². The highest BCUT2D eigenvalue weighted by molar-refractivity contribution is 5.98. The molecule has 2 rings (SSSR count). The SMILES string of the molecule is CC1(C2CC2)NC(=O)CN(C(C)(C)C)C1=O. The summed E-state index contributed by atoms with van der Waals surface area (Å²) in [4.78, 5) is 25.8. The molecular formula is C12H20N2O2. The van der Waals surface area contributed by atoms with Gasteiger partial charge >= 0.3 is 0 Å². The van der Waals surface area contributed by atoms with Crippen LogP contribution in [0.4, 0.5) is 0 Å². The van der Waals surface area contributed by atoms with Crippen molar-refractivity contribution in [3.63, 3.8) is 0 Å². The smallest absolute Gasteiger partial charge is 0.249 e. The highest BCUT2D eigenvalue weighted by atomic mass is 16.2. The highest BCUT2D eigenvalue weighted by Gasteiger charge is 2.54. The van der Waals surface area contributed by atoms with Crippen molar-refractivity contribution in [2.75, 3.05) is 6.54 Å². The lowest BCUT2D eigenvalue weighted by atomic mass is 9.89. The average molecular weight is 224 g/mol. The molecule has 1 unspecified atom stereocenters. The van der Waals surface area contributed by atoms with E-state index in [1.54, 1.807) is 4.90 Å². The van der Waals surface area contributed by atoms with Crippen LogP contribution in [0.1, 0.15) is 40.5 Å². The van der Waals surface area contributed by atoms with Gasteiger partial charge in [-0.05, 0) is 46.5 Å². The summed E-state index contributed by atoms with van der Waals surface area (Å²) in [5.41, 5.74) is -0.951. The molecule has 4 nitrogen and oxygen atoms in total. The van der Waals surface area contributed by atoms with Crippen LogP contribution in [0.15, 0.2) is 0 Å². The maximum atomic E-state index is 12.4. The summed E-state index contributed by atoms with van der Waals surface area (Å²) < 4.78 is 0. The van der Waals surface area contributed by atoms with Crippen LogP contribution in [-0.4, -0.2) is 34.3 Å². The molecule has 1 N–H and O–H groups in total. The van der Waals surface area contributed by atoms with Crippen LogP contribution in [0.2, 0.25) is 0 Å². The number of hydrogen-bond acceptors (Lipinski definition) is 2. The van der Waals surface area contributed by atoms with Gasteiger partial charge in [-0.15, -0.1) is 0 Å². The first-order chi connectivity index (χ1) is 7.25. The van der Waals surface area contributed by atoms with Gasteiger partial charge in [0.2, 0.25) is 11.8 Å². The molecule has 90 valence electrons. The van der Waals surface area contributed by atoms with E-state index in [1.807, 2.05) is 27.7 Å². The molecule has 16 heavy (non-hydrogen) atoms. The van der Waals surface area contributed by atoms with Crippen molar-refractivity contribution in [1.82, 2.24) is 10.2 Å². The molecule has 0 aromatic rings. The Balaban J connectivity index is 2.29. The predicted octanol–water partition coefficient (Wildman–Crippen LogP) is 0.912. The second-order valence-electron chi connectivity index (χ2n) is 6.09. The summed E-state index contributed by atoms with van der Waals surface area (Å²) in [7, 11) is 0. The van der Waals surface area contributed by atoms with Gasteiger partial charge in [-0.1, -0.05) is 0 Å². The first kappa shape index (κ1) is 11.4. The van der Waals surface area contributed by atoms with Crippen LogP contribution >= 0.6 is 0 Å². The third-order valence-corrected chi connectivity index (χ3v) is 3.59. The molecule has 2 aliphatic rings. The molecule has 0 radical (unpaired) electrons. The van der Waals surface area contributed by atoms with E-state index in [4.69, 9.17) is 0 Å². The molecule has 1 aliphatic heterocycles. The predicted molar refractivity (Wildman–Crippen MR) is 60.7 cm³/mol. The molecule has 1 aliphatic carbocycles. The molecule has 1 atom stereocenters. The largest absolute Gasteiger partial charge is 0.340 e. The fourth-order valence-electron chi connectivity index (χ4n) is 2.36. The Morgan fingerprint density at radius 2 is 1.88 bits per heavy atom. The molecule has 1 saturated carbocycles. The molecule has 4 heteroatoms. The molecule has 1 heterocycles. The van der Waals surface area contributed by atoms with Gasteiger partial charge < -0.3 is 10.2 Å². The Bertz CT molecular complexity index is 341. The molecule has 0 spiro atoms. The third-order valence-electron chi connectivity index (χ3n) is 3.59. The van der Waals surface area contributed by atoms with Crippen LogP contribution in [-0.2, 0) is 9.59 Å². The summed E-state index contributed by atoms with van der Waals surface area (Å²) in [5, 5.41) is 2.88. The lowest BCUT2D eigenvalue weighted by molar-refractivity contribution is -0.155. The van der Waals surface area contributed by atoms with Crippen molar-refractivity contribution in [3.8, 4) is 0 Å². The maximum Gasteiger partial charge on any atom is 0.249 e. The minimum Gasteiger partial charge on any atom is -0.340 e. The van der Waals surface area contributed by atoms with Crippen molar-refractivity contribution >= 4 is 11.8 Å². The van der Waals surface area contributed by atoms with Gasteiger partial charge in [-0.2, -0.15) is 0 Å². The Morgan fingerprint density at radius 1 is 1.31 bits per heavy atom. The molecule has 2 amide bonds. The summed E-state index contributed by atoms with van der Waals surface area (Å²) in [6.07, 6.45) is 2.08. The molecule has 2 fully saturated rings. The molecule has 0 aromatic heterocycles. The first-order valence-corrected chi connectivity index (χ1v) is 5.88. The lowest BCUT2D eigenvalue weighted by Gasteiger charge is -2.46.